The summed E-state index contributed by atoms with van der Waals surface area (Å²) < 4.78 is 10.7. The summed E-state index contributed by atoms with van der Waals surface area (Å²) in [5.74, 6) is 2.21. The highest BCUT2D eigenvalue weighted by atomic mass is 16.7. The van der Waals surface area contributed by atoms with Crippen molar-refractivity contribution in [3.05, 3.63) is 23.8 Å². The van der Waals surface area contributed by atoms with Gasteiger partial charge in [-0.05, 0) is 42.0 Å². The van der Waals surface area contributed by atoms with Crippen LogP contribution in [0.4, 0.5) is 0 Å². The molecule has 4 heteroatoms. The SMILES string of the molecule is CC(C)(C)C1CCN(CC(O)c2ccc3c(c2)OCO3)C1. The van der Waals surface area contributed by atoms with Crippen molar-refractivity contribution < 1.29 is 14.6 Å². The molecule has 3 rings (SSSR count). The van der Waals surface area contributed by atoms with E-state index < -0.39 is 6.10 Å². The van der Waals surface area contributed by atoms with E-state index in [2.05, 4.69) is 25.7 Å². The van der Waals surface area contributed by atoms with Gasteiger partial charge >= 0.3 is 0 Å². The summed E-state index contributed by atoms with van der Waals surface area (Å²) in [5, 5.41) is 10.5. The molecule has 4 nitrogen and oxygen atoms in total. The van der Waals surface area contributed by atoms with Crippen molar-refractivity contribution in [2.45, 2.75) is 33.3 Å². The molecule has 21 heavy (non-hydrogen) atoms. The summed E-state index contributed by atoms with van der Waals surface area (Å²) in [6.07, 6.45) is 0.746. The molecule has 2 unspecified atom stereocenters. The van der Waals surface area contributed by atoms with E-state index >= 15 is 0 Å². The first-order valence-corrected chi connectivity index (χ1v) is 7.73. The van der Waals surface area contributed by atoms with Crippen molar-refractivity contribution in [2.75, 3.05) is 26.4 Å². The predicted octanol–water partition coefficient (Wildman–Crippen LogP) is 2.82. The highest BCUT2D eigenvalue weighted by Gasteiger charge is 2.32. The number of benzene rings is 1. The van der Waals surface area contributed by atoms with Gasteiger partial charge in [-0.1, -0.05) is 26.8 Å². The van der Waals surface area contributed by atoms with E-state index in [9.17, 15) is 5.11 Å². The fourth-order valence-corrected chi connectivity index (χ4v) is 3.18. The third kappa shape index (κ3) is 3.16. The van der Waals surface area contributed by atoms with Crippen LogP contribution in [0, 0.1) is 11.3 Å². The molecule has 2 heterocycles. The second kappa shape index (κ2) is 5.50. The molecule has 2 aliphatic rings. The zero-order valence-electron chi connectivity index (χ0n) is 13.1. The average molecular weight is 291 g/mol. The summed E-state index contributed by atoms with van der Waals surface area (Å²) in [6, 6.07) is 5.70. The van der Waals surface area contributed by atoms with Crippen molar-refractivity contribution in [3.63, 3.8) is 0 Å². The molecule has 1 fully saturated rings. The van der Waals surface area contributed by atoms with Gasteiger partial charge < -0.3 is 19.5 Å². The number of likely N-dealkylation sites (tertiary alicyclic amines) is 1. The fourth-order valence-electron chi connectivity index (χ4n) is 3.18. The Morgan fingerprint density at radius 1 is 1.29 bits per heavy atom. The lowest BCUT2D eigenvalue weighted by atomic mass is 9.80. The van der Waals surface area contributed by atoms with E-state index in [1.54, 1.807) is 0 Å². The van der Waals surface area contributed by atoms with Gasteiger partial charge in [0.05, 0.1) is 6.10 Å². The monoisotopic (exact) mass is 291 g/mol. The molecule has 0 amide bonds. The number of rotatable bonds is 3. The van der Waals surface area contributed by atoms with Gasteiger partial charge in [0.1, 0.15) is 0 Å². The molecule has 116 valence electrons. The van der Waals surface area contributed by atoms with Gasteiger partial charge in [0.15, 0.2) is 11.5 Å². The van der Waals surface area contributed by atoms with Crippen LogP contribution in [0.2, 0.25) is 0 Å². The number of hydrogen-bond donors (Lipinski definition) is 1. The van der Waals surface area contributed by atoms with Crippen LogP contribution in [-0.2, 0) is 0 Å². The van der Waals surface area contributed by atoms with Gasteiger partial charge in [-0.2, -0.15) is 0 Å². The molecule has 0 radical (unpaired) electrons. The Hall–Kier alpha value is -1.26. The smallest absolute Gasteiger partial charge is 0.231 e. The molecular weight excluding hydrogens is 266 g/mol. The molecule has 1 aromatic rings. The molecule has 1 saturated heterocycles. The van der Waals surface area contributed by atoms with Crippen LogP contribution in [0.25, 0.3) is 0 Å². The third-order valence-electron chi connectivity index (χ3n) is 4.71. The molecule has 2 atom stereocenters. The van der Waals surface area contributed by atoms with Gasteiger partial charge in [0.2, 0.25) is 6.79 Å². The highest BCUT2D eigenvalue weighted by molar-refractivity contribution is 5.45. The molecule has 1 aromatic carbocycles. The van der Waals surface area contributed by atoms with Crippen LogP contribution in [0.15, 0.2) is 18.2 Å². The maximum absolute atomic E-state index is 10.5. The Balaban J connectivity index is 1.61. The molecule has 0 aromatic heterocycles. The molecule has 0 saturated carbocycles. The Kier molecular flexibility index (Phi) is 3.84. The van der Waals surface area contributed by atoms with Gasteiger partial charge in [-0.25, -0.2) is 0 Å². The van der Waals surface area contributed by atoms with Crippen molar-refractivity contribution >= 4 is 0 Å². The fraction of sp³-hybridized carbons (Fsp3) is 0.647. The largest absolute Gasteiger partial charge is 0.454 e. The summed E-state index contributed by atoms with van der Waals surface area (Å²) in [5.41, 5.74) is 1.25. The van der Waals surface area contributed by atoms with E-state index in [4.69, 9.17) is 9.47 Å². The van der Waals surface area contributed by atoms with Crippen molar-refractivity contribution in [1.82, 2.24) is 4.90 Å². The van der Waals surface area contributed by atoms with Crippen LogP contribution < -0.4 is 9.47 Å². The summed E-state index contributed by atoms with van der Waals surface area (Å²) >= 11 is 0. The third-order valence-corrected chi connectivity index (χ3v) is 4.71. The predicted molar refractivity (Wildman–Crippen MR) is 81.5 cm³/mol. The zero-order valence-corrected chi connectivity index (χ0v) is 13.1. The van der Waals surface area contributed by atoms with E-state index in [0.717, 1.165) is 30.2 Å². The standard InChI is InChI=1S/C17H25NO3/c1-17(2,3)13-6-7-18(9-13)10-14(19)12-4-5-15-16(8-12)21-11-20-15/h4-5,8,13-14,19H,6-7,9-11H2,1-3H3. The number of fused-ring (bicyclic) bond motifs is 1. The van der Waals surface area contributed by atoms with Gasteiger partial charge in [0.25, 0.3) is 0 Å². The molecular formula is C17H25NO3. The lowest BCUT2D eigenvalue weighted by molar-refractivity contribution is 0.118. The van der Waals surface area contributed by atoms with Gasteiger partial charge in [-0.3, -0.25) is 0 Å². The van der Waals surface area contributed by atoms with Gasteiger partial charge in [0, 0.05) is 13.1 Å². The topological polar surface area (TPSA) is 41.9 Å². The first-order chi connectivity index (χ1) is 9.93. The zero-order chi connectivity index (χ0) is 15.0. The first kappa shape index (κ1) is 14.7. The van der Waals surface area contributed by atoms with Crippen molar-refractivity contribution in [3.8, 4) is 11.5 Å². The lowest BCUT2D eigenvalue weighted by Gasteiger charge is -2.27. The van der Waals surface area contributed by atoms with E-state index in [0.29, 0.717) is 17.9 Å². The second-order valence-electron chi connectivity index (χ2n) is 7.24. The average Bonchev–Trinajstić information content (AvgIpc) is 3.04. The maximum Gasteiger partial charge on any atom is 0.231 e. The quantitative estimate of drug-likeness (QED) is 0.930. The molecule has 0 spiro atoms. The van der Waals surface area contributed by atoms with Gasteiger partial charge in [-0.15, -0.1) is 0 Å². The molecule has 0 bridgehead atoms. The number of β-amino-alcohol motifs (C(OH)–C–C–N with tert-alkyl or cyclic N) is 1. The number of aliphatic hydroxyl groups is 1. The maximum atomic E-state index is 10.5. The van der Waals surface area contributed by atoms with Crippen LogP contribution in [-0.4, -0.2) is 36.4 Å². The normalized spacial score (nSPS) is 23.5. The highest BCUT2D eigenvalue weighted by Crippen LogP contribution is 2.36. The van der Waals surface area contributed by atoms with Crippen molar-refractivity contribution in [2.24, 2.45) is 11.3 Å². The van der Waals surface area contributed by atoms with E-state index in [1.807, 2.05) is 18.2 Å². The Bertz CT molecular complexity index is 509. The number of hydrogen-bond acceptors (Lipinski definition) is 4. The van der Waals surface area contributed by atoms with Crippen LogP contribution >= 0.6 is 0 Å². The minimum atomic E-state index is -0.474. The summed E-state index contributed by atoms with van der Waals surface area (Å²) in [7, 11) is 0. The molecule has 0 aliphatic carbocycles. The Labute approximate surface area is 126 Å². The number of aliphatic hydroxyl groups excluding tert-OH is 1. The minimum absolute atomic E-state index is 0.272. The lowest BCUT2D eigenvalue weighted by Crippen LogP contribution is -2.29. The first-order valence-electron chi connectivity index (χ1n) is 7.73. The minimum Gasteiger partial charge on any atom is -0.454 e. The Morgan fingerprint density at radius 3 is 2.76 bits per heavy atom. The number of ether oxygens (including phenoxy) is 2. The summed E-state index contributed by atoms with van der Waals surface area (Å²) in [6.45, 7) is 10.0. The molecule has 1 N–H and O–H groups in total. The second-order valence-corrected chi connectivity index (χ2v) is 7.24. The molecule has 2 aliphatic heterocycles. The van der Waals surface area contributed by atoms with Crippen LogP contribution in [0.3, 0.4) is 0 Å². The number of nitrogens with zero attached hydrogens (tertiary/aromatic N) is 1. The van der Waals surface area contributed by atoms with E-state index in [-0.39, 0.29) is 6.79 Å². The Morgan fingerprint density at radius 2 is 2.05 bits per heavy atom. The van der Waals surface area contributed by atoms with Crippen LogP contribution in [0.5, 0.6) is 11.5 Å². The van der Waals surface area contributed by atoms with Crippen LogP contribution in [0.1, 0.15) is 38.9 Å². The van der Waals surface area contributed by atoms with E-state index in [1.165, 1.54) is 6.42 Å². The van der Waals surface area contributed by atoms with Crippen molar-refractivity contribution in [1.29, 1.82) is 0 Å². The summed E-state index contributed by atoms with van der Waals surface area (Å²) in [4.78, 5) is 2.37.